The van der Waals surface area contributed by atoms with Crippen LogP contribution in [0.25, 0.3) is 78.1 Å². The second-order valence-electron chi connectivity index (χ2n) is 9.95. The number of hydrogen-bond acceptors (Lipinski definition) is 5. The lowest BCUT2D eigenvalue weighted by Gasteiger charge is -2.09. The first-order valence-electron chi connectivity index (χ1n) is 13.5. The lowest BCUT2D eigenvalue weighted by Crippen LogP contribution is -2.01. The molecule has 41 heavy (non-hydrogen) atoms. The average molecular weight is 527 g/mol. The molecule has 8 aromatic rings. The standard InChI is InChI=1S/C36H22N4O/c1-3-10-23(11-4-1)26-18-19-28-32(21-26)41-31-17-9-16-29(33(28)31)35-38-34(24-12-5-2-6-13-24)39-36(40-35)30-20-25-14-7-8-15-27(25)22-37-30/h1-22H. The van der Waals surface area contributed by atoms with E-state index in [2.05, 4.69) is 36.4 Å². The number of benzene rings is 5. The summed E-state index contributed by atoms with van der Waals surface area (Å²) in [6.45, 7) is 0. The molecule has 0 fully saturated rings. The van der Waals surface area contributed by atoms with Crippen LogP contribution < -0.4 is 0 Å². The zero-order valence-corrected chi connectivity index (χ0v) is 21.9. The van der Waals surface area contributed by atoms with Crippen molar-refractivity contribution < 1.29 is 4.42 Å². The zero-order valence-electron chi connectivity index (χ0n) is 21.9. The average Bonchev–Trinajstić information content (AvgIpc) is 3.43. The third-order valence-electron chi connectivity index (χ3n) is 7.37. The zero-order chi connectivity index (χ0) is 27.2. The summed E-state index contributed by atoms with van der Waals surface area (Å²) in [5.41, 5.74) is 6.35. The van der Waals surface area contributed by atoms with Gasteiger partial charge in [0.05, 0.1) is 0 Å². The smallest absolute Gasteiger partial charge is 0.182 e. The minimum atomic E-state index is 0.524. The molecule has 0 bridgehead atoms. The maximum Gasteiger partial charge on any atom is 0.182 e. The maximum atomic E-state index is 6.37. The molecule has 5 nitrogen and oxygen atoms in total. The first-order chi connectivity index (χ1) is 20.3. The first kappa shape index (κ1) is 23.2. The van der Waals surface area contributed by atoms with Crippen molar-refractivity contribution in [1.82, 2.24) is 19.9 Å². The highest BCUT2D eigenvalue weighted by Crippen LogP contribution is 2.38. The van der Waals surface area contributed by atoms with Crippen LogP contribution in [0.1, 0.15) is 0 Å². The highest BCUT2D eigenvalue weighted by atomic mass is 16.3. The van der Waals surface area contributed by atoms with Gasteiger partial charge in [0.1, 0.15) is 16.9 Å². The van der Waals surface area contributed by atoms with Crippen LogP contribution in [0, 0.1) is 0 Å². The van der Waals surface area contributed by atoms with Gasteiger partial charge in [-0.2, -0.15) is 0 Å². The monoisotopic (exact) mass is 526 g/mol. The molecule has 0 saturated carbocycles. The van der Waals surface area contributed by atoms with Crippen LogP contribution in [0.4, 0.5) is 0 Å². The molecule has 0 unspecified atom stereocenters. The molecule has 192 valence electrons. The Hall–Kier alpha value is -5.68. The molecule has 3 aromatic heterocycles. The second kappa shape index (κ2) is 9.50. The number of fused-ring (bicyclic) bond motifs is 4. The molecule has 0 radical (unpaired) electrons. The van der Waals surface area contributed by atoms with E-state index in [-0.39, 0.29) is 0 Å². The van der Waals surface area contributed by atoms with E-state index in [1.165, 1.54) is 0 Å². The molecule has 0 amide bonds. The number of aromatic nitrogens is 4. The number of rotatable bonds is 4. The fraction of sp³-hybridized carbons (Fsp3) is 0. The fourth-order valence-corrected chi connectivity index (χ4v) is 5.36. The van der Waals surface area contributed by atoms with Crippen molar-refractivity contribution in [3.8, 4) is 45.4 Å². The van der Waals surface area contributed by atoms with E-state index in [1.807, 2.05) is 97.2 Å². The molecule has 5 aromatic carbocycles. The number of hydrogen-bond donors (Lipinski definition) is 0. The quantitative estimate of drug-likeness (QED) is 0.229. The Kier molecular flexibility index (Phi) is 5.38. The van der Waals surface area contributed by atoms with Gasteiger partial charge in [-0.25, -0.2) is 15.0 Å². The summed E-state index contributed by atoms with van der Waals surface area (Å²) in [6, 6.07) is 42.9. The molecular formula is C36H22N4O. The maximum absolute atomic E-state index is 6.37. The van der Waals surface area contributed by atoms with Crippen molar-refractivity contribution in [2.45, 2.75) is 0 Å². The van der Waals surface area contributed by atoms with Crippen molar-refractivity contribution in [2.24, 2.45) is 0 Å². The highest BCUT2D eigenvalue weighted by molar-refractivity contribution is 6.12. The predicted molar refractivity (Wildman–Crippen MR) is 164 cm³/mol. The van der Waals surface area contributed by atoms with Gasteiger partial charge in [-0.15, -0.1) is 0 Å². The topological polar surface area (TPSA) is 64.7 Å². The van der Waals surface area contributed by atoms with E-state index >= 15 is 0 Å². The molecule has 0 aliphatic heterocycles. The van der Waals surface area contributed by atoms with E-state index < -0.39 is 0 Å². The van der Waals surface area contributed by atoms with Crippen molar-refractivity contribution in [1.29, 1.82) is 0 Å². The Morgan fingerprint density at radius 2 is 1.17 bits per heavy atom. The van der Waals surface area contributed by atoms with Crippen LogP contribution >= 0.6 is 0 Å². The molecule has 8 rings (SSSR count). The van der Waals surface area contributed by atoms with Crippen LogP contribution in [0.5, 0.6) is 0 Å². The first-order valence-corrected chi connectivity index (χ1v) is 13.5. The van der Waals surface area contributed by atoms with Crippen molar-refractivity contribution >= 4 is 32.7 Å². The molecule has 3 heterocycles. The van der Waals surface area contributed by atoms with Gasteiger partial charge in [-0.05, 0) is 40.8 Å². The Balaban J connectivity index is 1.35. The van der Waals surface area contributed by atoms with Crippen molar-refractivity contribution in [3.05, 3.63) is 134 Å². The number of pyridine rings is 1. The SMILES string of the molecule is c1ccc(-c2ccc3c(c2)oc2cccc(-c4nc(-c5ccccc5)nc(-c5cc6ccccc6cn5)n4)c23)cc1. The third-order valence-corrected chi connectivity index (χ3v) is 7.37. The Bertz CT molecular complexity index is 2210. The van der Waals surface area contributed by atoms with Crippen LogP contribution in [0.15, 0.2) is 138 Å². The van der Waals surface area contributed by atoms with Crippen LogP contribution in [-0.4, -0.2) is 19.9 Å². The molecule has 0 aliphatic carbocycles. The molecule has 0 spiro atoms. The van der Waals surface area contributed by atoms with Crippen molar-refractivity contribution in [2.75, 3.05) is 0 Å². The molecule has 0 saturated heterocycles. The van der Waals surface area contributed by atoms with E-state index in [1.54, 1.807) is 0 Å². The van der Waals surface area contributed by atoms with E-state index in [9.17, 15) is 0 Å². The summed E-state index contributed by atoms with van der Waals surface area (Å²) in [7, 11) is 0. The lowest BCUT2D eigenvalue weighted by atomic mass is 10.0. The summed E-state index contributed by atoms with van der Waals surface area (Å²) in [6.07, 6.45) is 1.87. The van der Waals surface area contributed by atoms with E-state index in [0.29, 0.717) is 23.2 Å². The predicted octanol–water partition coefficient (Wildman–Crippen LogP) is 8.99. The van der Waals surface area contributed by atoms with Crippen LogP contribution in [-0.2, 0) is 0 Å². The number of nitrogens with zero attached hydrogens (tertiary/aromatic N) is 4. The van der Waals surface area contributed by atoms with Gasteiger partial charge >= 0.3 is 0 Å². The molecule has 0 aliphatic rings. The van der Waals surface area contributed by atoms with Gasteiger partial charge in [0.15, 0.2) is 17.5 Å². The molecule has 5 heteroatoms. The van der Waals surface area contributed by atoms with Gasteiger partial charge in [-0.3, -0.25) is 4.98 Å². The van der Waals surface area contributed by atoms with Gasteiger partial charge < -0.3 is 4.42 Å². The minimum Gasteiger partial charge on any atom is -0.456 e. The largest absolute Gasteiger partial charge is 0.456 e. The summed E-state index contributed by atoms with van der Waals surface area (Å²) in [5.74, 6) is 1.69. The summed E-state index contributed by atoms with van der Waals surface area (Å²) >= 11 is 0. The summed E-state index contributed by atoms with van der Waals surface area (Å²) in [5, 5.41) is 4.14. The van der Waals surface area contributed by atoms with E-state index in [0.717, 1.165) is 55.0 Å². The van der Waals surface area contributed by atoms with Gasteiger partial charge in [0.25, 0.3) is 0 Å². The summed E-state index contributed by atoms with van der Waals surface area (Å²) in [4.78, 5) is 19.5. The normalized spacial score (nSPS) is 11.4. The van der Waals surface area contributed by atoms with Crippen LogP contribution in [0.2, 0.25) is 0 Å². The second-order valence-corrected chi connectivity index (χ2v) is 9.95. The van der Waals surface area contributed by atoms with Crippen molar-refractivity contribution in [3.63, 3.8) is 0 Å². The molecule has 0 N–H and O–H groups in total. The molecule has 0 atom stereocenters. The highest BCUT2D eigenvalue weighted by Gasteiger charge is 2.18. The minimum absolute atomic E-state index is 0.524. The van der Waals surface area contributed by atoms with Gasteiger partial charge in [-0.1, -0.05) is 103 Å². The lowest BCUT2D eigenvalue weighted by molar-refractivity contribution is 0.669. The number of furan rings is 1. The Morgan fingerprint density at radius 1 is 0.463 bits per heavy atom. The van der Waals surface area contributed by atoms with Gasteiger partial charge in [0, 0.05) is 33.5 Å². The Labute approximate surface area is 235 Å². The van der Waals surface area contributed by atoms with E-state index in [4.69, 9.17) is 24.4 Å². The Morgan fingerprint density at radius 3 is 2.00 bits per heavy atom. The van der Waals surface area contributed by atoms with Gasteiger partial charge in [0.2, 0.25) is 0 Å². The fourth-order valence-electron chi connectivity index (χ4n) is 5.36. The summed E-state index contributed by atoms with van der Waals surface area (Å²) < 4.78 is 6.37. The molecular weight excluding hydrogens is 504 g/mol. The van der Waals surface area contributed by atoms with Crippen LogP contribution in [0.3, 0.4) is 0 Å². The third kappa shape index (κ3) is 4.12.